The van der Waals surface area contributed by atoms with E-state index in [1.165, 1.54) is 12.0 Å². The quantitative estimate of drug-likeness (QED) is 0.365. The number of benzene rings is 1. The minimum atomic E-state index is -0.153. The molecule has 1 aliphatic carbocycles. The van der Waals surface area contributed by atoms with Crippen molar-refractivity contribution in [2.45, 2.75) is 73.3 Å². The third-order valence-electron chi connectivity index (χ3n) is 6.06. The van der Waals surface area contributed by atoms with Gasteiger partial charge in [-0.25, -0.2) is 0 Å². The highest BCUT2D eigenvalue weighted by molar-refractivity contribution is 6.01. The van der Waals surface area contributed by atoms with Gasteiger partial charge in [-0.05, 0) is 56.1 Å². The smallest absolute Gasteiger partial charge is 0.326 e. The van der Waals surface area contributed by atoms with E-state index >= 15 is 0 Å². The Hall–Kier alpha value is -1.84. The third kappa shape index (κ3) is 5.59. The number of ether oxygens (including phenoxy) is 1. The number of hydrogen-bond donors (Lipinski definition) is 0. The topological polar surface area (TPSA) is 41.9 Å². The number of rotatable bonds is 6. The van der Waals surface area contributed by atoms with E-state index < -0.39 is 0 Å². The Labute approximate surface area is 171 Å². The molecule has 0 aromatic heterocycles. The Kier molecular flexibility index (Phi) is 8.09. The summed E-state index contributed by atoms with van der Waals surface area (Å²) in [5.74, 6) is 2.36. The first kappa shape index (κ1) is 22.4. The molecule has 156 valence electrons. The SMILES string of the molecule is CCC(=NC)N(CC(=O)O[C@@H]1C[C@H](C)CC[C@H]1C(C)C)c1ccc(C)cc1C. The maximum absolute atomic E-state index is 13.0. The molecule has 0 heterocycles. The normalized spacial score (nSPS) is 23.0. The van der Waals surface area contributed by atoms with Crippen molar-refractivity contribution in [1.82, 2.24) is 0 Å². The molecule has 0 bridgehead atoms. The van der Waals surface area contributed by atoms with Crippen LogP contribution in [0.25, 0.3) is 0 Å². The van der Waals surface area contributed by atoms with Crippen LogP contribution in [-0.2, 0) is 9.53 Å². The van der Waals surface area contributed by atoms with Gasteiger partial charge in [-0.3, -0.25) is 9.79 Å². The average Bonchev–Trinajstić information content (AvgIpc) is 2.61. The maximum atomic E-state index is 13.0. The monoisotopic (exact) mass is 386 g/mol. The highest BCUT2D eigenvalue weighted by atomic mass is 16.5. The van der Waals surface area contributed by atoms with Gasteiger partial charge in [0.05, 0.1) is 0 Å². The standard InChI is InChI=1S/C24H38N2O2/c1-8-23(25-7)26(21-12-10-17(4)13-19(21)6)15-24(27)28-22-14-18(5)9-11-20(22)16(2)3/h10,12-13,16,18,20,22H,8-9,11,14-15H2,1-7H3/t18-,20+,22-/m1/s1. The second kappa shape index (κ2) is 10.1. The van der Waals surface area contributed by atoms with Crippen molar-refractivity contribution in [3.8, 4) is 0 Å². The molecule has 1 aromatic rings. The molecule has 1 saturated carbocycles. The van der Waals surface area contributed by atoms with E-state index in [2.05, 4.69) is 64.7 Å². The maximum Gasteiger partial charge on any atom is 0.326 e. The summed E-state index contributed by atoms with van der Waals surface area (Å²) < 4.78 is 6.05. The minimum absolute atomic E-state index is 0.0286. The van der Waals surface area contributed by atoms with Crippen molar-refractivity contribution >= 4 is 17.5 Å². The van der Waals surface area contributed by atoms with Crippen LogP contribution in [-0.4, -0.2) is 31.5 Å². The zero-order chi connectivity index (χ0) is 20.8. The molecule has 0 aliphatic heterocycles. The molecule has 3 atom stereocenters. The van der Waals surface area contributed by atoms with E-state index in [0.29, 0.717) is 17.8 Å². The predicted molar refractivity (Wildman–Crippen MR) is 118 cm³/mol. The second-order valence-electron chi connectivity index (χ2n) is 8.72. The van der Waals surface area contributed by atoms with Crippen LogP contribution in [0, 0.1) is 31.6 Å². The Balaban J connectivity index is 2.20. The zero-order valence-corrected chi connectivity index (χ0v) is 18.8. The van der Waals surface area contributed by atoms with Crippen LogP contribution < -0.4 is 4.90 Å². The highest BCUT2D eigenvalue weighted by Crippen LogP contribution is 2.35. The van der Waals surface area contributed by atoms with Gasteiger partial charge in [-0.2, -0.15) is 0 Å². The van der Waals surface area contributed by atoms with Gasteiger partial charge >= 0.3 is 5.97 Å². The van der Waals surface area contributed by atoms with Gasteiger partial charge in [0, 0.05) is 19.2 Å². The lowest BCUT2D eigenvalue weighted by molar-refractivity contribution is -0.154. The third-order valence-corrected chi connectivity index (χ3v) is 6.06. The minimum Gasteiger partial charge on any atom is -0.461 e. The molecule has 0 amide bonds. The molecule has 0 radical (unpaired) electrons. The Morgan fingerprint density at radius 2 is 2.00 bits per heavy atom. The van der Waals surface area contributed by atoms with Crippen molar-refractivity contribution in [3.63, 3.8) is 0 Å². The number of nitrogens with zero attached hydrogens (tertiary/aromatic N) is 2. The molecular weight excluding hydrogens is 348 g/mol. The van der Waals surface area contributed by atoms with Crippen LogP contribution in [0.15, 0.2) is 23.2 Å². The van der Waals surface area contributed by atoms with Gasteiger partial charge in [-0.1, -0.05) is 51.8 Å². The number of aryl methyl sites for hydroxylation is 2. The molecule has 1 aliphatic rings. The van der Waals surface area contributed by atoms with Gasteiger partial charge in [0.1, 0.15) is 18.5 Å². The predicted octanol–water partition coefficient (Wildman–Crippen LogP) is 5.55. The lowest BCUT2D eigenvalue weighted by atomic mass is 9.75. The fourth-order valence-electron chi connectivity index (χ4n) is 4.48. The molecule has 1 aromatic carbocycles. The van der Waals surface area contributed by atoms with E-state index in [0.717, 1.165) is 36.3 Å². The molecule has 4 nitrogen and oxygen atoms in total. The first-order valence-electron chi connectivity index (χ1n) is 10.8. The molecule has 4 heteroatoms. The van der Waals surface area contributed by atoms with Crippen LogP contribution in [0.3, 0.4) is 0 Å². The molecule has 0 saturated heterocycles. The van der Waals surface area contributed by atoms with E-state index in [-0.39, 0.29) is 18.6 Å². The van der Waals surface area contributed by atoms with Crippen molar-refractivity contribution in [1.29, 1.82) is 0 Å². The summed E-state index contributed by atoms with van der Waals surface area (Å²) in [7, 11) is 1.79. The fourth-order valence-corrected chi connectivity index (χ4v) is 4.48. The van der Waals surface area contributed by atoms with E-state index in [9.17, 15) is 4.79 Å². The number of esters is 1. The summed E-state index contributed by atoms with van der Waals surface area (Å²) in [4.78, 5) is 19.4. The Morgan fingerprint density at radius 1 is 1.29 bits per heavy atom. The van der Waals surface area contributed by atoms with Crippen LogP contribution in [0.1, 0.15) is 64.5 Å². The summed E-state index contributed by atoms with van der Waals surface area (Å²) in [5.41, 5.74) is 3.39. The molecular formula is C24H38N2O2. The van der Waals surface area contributed by atoms with Gasteiger partial charge in [-0.15, -0.1) is 0 Å². The van der Waals surface area contributed by atoms with E-state index in [4.69, 9.17) is 4.74 Å². The first-order valence-corrected chi connectivity index (χ1v) is 10.8. The molecule has 1 fully saturated rings. The fraction of sp³-hybridized carbons (Fsp3) is 0.667. The number of carbonyl (C=O) groups is 1. The largest absolute Gasteiger partial charge is 0.461 e. The Morgan fingerprint density at radius 3 is 2.57 bits per heavy atom. The van der Waals surface area contributed by atoms with E-state index in [1.807, 2.05) is 4.90 Å². The molecule has 0 N–H and O–H groups in total. The summed E-state index contributed by atoms with van der Waals surface area (Å²) in [6.45, 7) is 13.2. The number of anilines is 1. The number of hydrogen-bond acceptors (Lipinski definition) is 3. The van der Waals surface area contributed by atoms with Crippen molar-refractivity contribution < 1.29 is 9.53 Å². The Bertz CT molecular complexity index is 696. The van der Waals surface area contributed by atoms with Crippen LogP contribution in [0.2, 0.25) is 0 Å². The lowest BCUT2D eigenvalue weighted by Gasteiger charge is -2.37. The van der Waals surface area contributed by atoms with Crippen molar-refractivity contribution in [3.05, 3.63) is 29.3 Å². The molecule has 2 rings (SSSR count). The number of amidine groups is 1. The summed E-state index contributed by atoms with van der Waals surface area (Å²) >= 11 is 0. The van der Waals surface area contributed by atoms with Crippen molar-refractivity contribution in [2.75, 3.05) is 18.5 Å². The number of aliphatic imine (C=N–C) groups is 1. The molecule has 0 spiro atoms. The van der Waals surface area contributed by atoms with Gasteiger partial charge in [0.15, 0.2) is 0 Å². The summed E-state index contributed by atoms with van der Waals surface area (Å²) in [5, 5.41) is 0. The second-order valence-corrected chi connectivity index (χ2v) is 8.72. The van der Waals surface area contributed by atoms with Crippen LogP contribution in [0.4, 0.5) is 5.69 Å². The van der Waals surface area contributed by atoms with Crippen LogP contribution >= 0.6 is 0 Å². The van der Waals surface area contributed by atoms with Crippen molar-refractivity contribution in [2.24, 2.45) is 22.7 Å². The van der Waals surface area contributed by atoms with Gasteiger partial charge in [0.2, 0.25) is 0 Å². The van der Waals surface area contributed by atoms with Gasteiger partial charge in [0.25, 0.3) is 0 Å². The zero-order valence-electron chi connectivity index (χ0n) is 18.8. The summed E-state index contributed by atoms with van der Waals surface area (Å²) in [6.07, 6.45) is 4.15. The molecule has 0 unspecified atom stereocenters. The first-order chi connectivity index (χ1) is 13.3. The summed E-state index contributed by atoms with van der Waals surface area (Å²) in [6, 6.07) is 6.31. The van der Waals surface area contributed by atoms with Crippen LogP contribution in [0.5, 0.6) is 0 Å². The highest BCUT2D eigenvalue weighted by Gasteiger charge is 2.34. The average molecular weight is 387 g/mol. The van der Waals surface area contributed by atoms with Gasteiger partial charge < -0.3 is 9.64 Å². The van der Waals surface area contributed by atoms with E-state index in [1.54, 1.807) is 7.05 Å². The lowest BCUT2D eigenvalue weighted by Crippen LogP contribution is -2.41. The number of carbonyl (C=O) groups excluding carboxylic acids is 1. The molecule has 28 heavy (non-hydrogen) atoms.